The summed E-state index contributed by atoms with van der Waals surface area (Å²) in [4.78, 5) is 12.9. The molecule has 0 fully saturated rings. The Balaban J connectivity index is 2.03. The summed E-state index contributed by atoms with van der Waals surface area (Å²) in [5.41, 5.74) is 0.924. The molecule has 0 radical (unpaired) electrons. The highest BCUT2D eigenvalue weighted by molar-refractivity contribution is 8.13. The molecule has 3 heteroatoms. The molecule has 0 aliphatic rings. The molecule has 0 atom stereocenters. The molecule has 2 aromatic rings. The fourth-order valence-corrected chi connectivity index (χ4v) is 2.44. The summed E-state index contributed by atoms with van der Waals surface area (Å²) in [7, 11) is 1.62. The Morgan fingerprint density at radius 3 is 2.44 bits per heavy atom. The molecule has 2 aromatic carbocycles. The molecule has 0 aliphatic heterocycles. The van der Waals surface area contributed by atoms with Gasteiger partial charge in [-0.1, -0.05) is 48.2 Å². The molecule has 0 unspecified atom stereocenters. The van der Waals surface area contributed by atoms with E-state index in [1.54, 1.807) is 7.11 Å². The van der Waals surface area contributed by atoms with Gasteiger partial charge in [-0.2, -0.15) is 0 Å². The van der Waals surface area contributed by atoms with Crippen molar-refractivity contribution >= 4 is 16.9 Å². The number of carbonyl (C=O) groups excluding carboxylic acids is 1. The first kappa shape index (κ1) is 12.7. The van der Waals surface area contributed by atoms with E-state index in [2.05, 4.69) is 0 Å². The molecular formula is C15H14O2S. The SMILES string of the molecule is COc1ccccc1CC(=O)Sc1ccccc1. The van der Waals surface area contributed by atoms with Crippen LogP contribution in [0.1, 0.15) is 5.56 Å². The maximum absolute atomic E-state index is 12.0. The van der Waals surface area contributed by atoms with Gasteiger partial charge in [-0.05, 0) is 18.2 Å². The molecule has 0 aliphatic carbocycles. The predicted molar refractivity (Wildman–Crippen MR) is 74.0 cm³/mol. The van der Waals surface area contributed by atoms with Crippen LogP contribution in [0.5, 0.6) is 5.75 Å². The minimum atomic E-state index is 0.116. The smallest absolute Gasteiger partial charge is 0.198 e. The Kier molecular flexibility index (Phi) is 4.42. The lowest BCUT2D eigenvalue weighted by atomic mass is 10.1. The van der Waals surface area contributed by atoms with E-state index in [-0.39, 0.29) is 5.12 Å². The van der Waals surface area contributed by atoms with Crippen molar-refractivity contribution in [2.24, 2.45) is 0 Å². The Bertz CT molecular complexity index is 523. The van der Waals surface area contributed by atoms with Crippen molar-refractivity contribution in [2.75, 3.05) is 7.11 Å². The normalized spacial score (nSPS) is 10.1. The summed E-state index contributed by atoms with van der Waals surface area (Å²) in [6.07, 6.45) is 0.379. The van der Waals surface area contributed by atoms with Crippen LogP contribution >= 0.6 is 11.8 Å². The van der Waals surface area contributed by atoms with E-state index in [1.165, 1.54) is 11.8 Å². The molecule has 0 spiro atoms. The molecule has 0 heterocycles. The zero-order valence-corrected chi connectivity index (χ0v) is 10.9. The van der Waals surface area contributed by atoms with E-state index in [1.807, 2.05) is 54.6 Å². The molecule has 0 N–H and O–H groups in total. The Morgan fingerprint density at radius 2 is 1.72 bits per heavy atom. The largest absolute Gasteiger partial charge is 0.496 e. The molecule has 2 nitrogen and oxygen atoms in total. The van der Waals surface area contributed by atoms with Crippen LogP contribution in [0.15, 0.2) is 59.5 Å². The van der Waals surface area contributed by atoms with E-state index >= 15 is 0 Å². The van der Waals surface area contributed by atoms with Crippen LogP contribution in [0.25, 0.3) is 0 Å². The quantitative estimate of drug-likeness (QED) is 0.784. The topological polar surface area (TPSA) is 26.3 Å². The van der Waals surface area contributed by atoms with Gasteiger partial charge in [0.25, 0.3) is 0 Å². The lowest BCUT2D eigenvalue weighted by Gasteiger charge is -2.07. The number of carbonyl (C=O) groups is 1. The summed E-state index contributed by atoms with van der Waals surface area (Å²) >= 11 is 1.26. The third-order valence-corrected chi connectivity index (χ3v) is 3.38. The lowest BCUT2D eigenvalue weighted by Crippen LogP contribution is -1.99. The average Bonchev–Trinajstić information content (AvgIpc) is 2.40. The van der Waals surface area contributed by atoms with Crippen LogP contribution < -0.4 is 4.74 Å². The van der Waals surface area contributed by atoms with E-state index in [4.69, 9.17) is 4.74 Å². The number of thioether (sulfide) groups is 1. The number of methoxy groups -OCH3 is 1. The van der Waals surface area contributed by atoms with Gasteiger partial charge in [-0.3, -0.25) is 4.79 Å². The second kappa shape index (κ2) is 6.26. The van der Waals surface area contributed by atoms with Gasteiger partial charge in [0.2, 0.25) is 0 Å². The van der Waals surface area contributed by atoms with Gasteiger partial charge in [-0.25, -0.2) is 0 Å². The number of ether oxygens (including phenoxy) is 1. The molecule has 0 saturated heterocycles. The van der Waals surface area contributed by atoms with Crippen LogP contribution in [0, 0.1) is 0 Å². The first-order chi connectivity index (χ1) is 8.79. The van der Waals surface area contributed by atoms with Crippen molar-refractivity contribution in [3.05, 3.63) is 60.2 Å². The summed E-state index contributed by atoms with van der Waals surface area (Å²) < 4.78 is 5.23. The third kappa shape index (κ3) is 3.37. The second-order valence-corrected chi connectivity index (χ2v) is 4.91. The molecule has 92 valence electrons. The van der Waals surface area contributed by atoms with Gasteiger partial charge in [0.1, 0.15) is 5.75 Å². The molecular weight excluding hydrogens is 244 g/mol. The number of benzene rings is 2. The first-order valence-electron chi connectivity index (χ1n) is 5.67. The van der Waals surface area contributed by atoms with Crippen LogP contribution in [0.4, 0.5) is 0 Å². The molecule has 0 bridgehead atoms. The van der Waals surface area contributed by atoms with Gasteiger partial charge in [0.05, 0.1) is 7.11 Å². The van der Waals surface area contributed by atoms with Gasteiger partial charge < -0.3 is 4.74 Å². The maximum Gasteiger partial charge on any atom is 0.198 e. The van der Waals surface area contributed by atoms with Crippen molar-refractivity contribution in [1.29, 1.82) is 0 Å². The van der Waals surface area contributed by atoms with Crippen molar-refractivity contribution < 1.29 is 9.53 Å². The lowest BCUT2D eigenvalue weighted by molar-refractivity contribution is -0.110. The van der Waals surface area contributed by atoms with Gasteiger partial charge in [0.15, 0.2) is 5.12 Å². The molecule has 2 rings (SSSR count). The highest BCUT2D eigenvalue weighted by atomic mass is 32.2. The minimum absolute atomic E-state index is 0.116. The first-order valence-corrected chi connectivity index (χ1v) is 6.49. The zero-order chi connectivity index (χ0) is 12.8. The van der Waals surface area contributed by atoms with E-state index < -0.39 is 0 Å². The van der Waals surface area contributed by atoms with Crippen molar-refractivity contribution in [2.45, 2.75) is 11.3 Å². The fraction of sp³-hybridized carbons (Fsp3) is 0.133. The summed E-state index contributed by atoms with van der Waals surface area (Å²) in [6.45, 7) is 0. The number of hydrogen-bond donors (Lipinski definition) is 0. The molecule has 0 saturated carbocycles. The molecule has 0 aromatic heterocycles. The fourth-order valence-electron chi connectivity index (χ4n) is 1.66. The summed E-state index contributed by atoms with van der Waals surface area (Å²) in [6, 6.07) is 17.3. The second-order valence-electron chi connectivity index (χ2n) is 3.78. The van der Waals surface area contributed by atoms with Crippen LogP contribution in [-0.2, 0) is 11.2 Å². The Morgan fingerprint density at radius 1 is 1.06 bits per heavy atom. The van der Waals surface area contributed by atoms with E-state index in [0.29, 0.717) is 6.42 Å². The monoisotopic (exact) mass is 258 g/mol. The van der Waals surface area contributed by atoms with Gasteiger partial charge in [0, 0.05) is 16.9 Å². The van der Waals surface area contributed by atoms with Crippen molar-refractivity contribution in [1.82, 2.24) is 0 Å². The van der Waals surface area contributed by atoms with Crippen LogP contribution in [0.3, 0.4) is 0 Å². The van der Waals surface area contributed by atoms with Gasteiger partial charge in [-0.15, -0.1) is 0 Å². The van der Waals surface area contributed by atoms with Crippen LogP contribution in [-0.4, -0.2) is 12.2 Å². The zero-order valence-electron chi connectivity index (χ0n) is 10.1. The highest BCUT2D eigenvalue weighted by Crippen LogP contribution is 2.24. The molecule has 0 amide bonds. The summed E-state index contributed by atoms with van der Waals surface area (Å²) in [5.74, 6) is 0.763. The van der Waals surface area contributed by atoms with Crippen LogP contribution in [0.2, 0.25) is 0 Å². The van der Waals surface area contributed by atoms with E-state index in [0.717, 1.165) is 16.2 Å². The standard InChI is InChI=1S/C15H14O2S/c1-17-14-10-6-5-7-12(14)11-15(16)18-13-8-3-2-4-9-13/h2-10H,11H2,1H3. The number of para-hydroxylation sites is 1. The summed E-state index contributed by atoms with van der Waals surface area (Å²) in [5, 5.41) is 0.116. The maximum atomic E-state index is 12.0. The number of hydrogen-bond acceptors (Lipinski definition) is 3. The average molecular weight is 258 g/mol. The molecule has 18 heavy (non-hydrogen) atoms. The Labute approximate surface area is 111 Å². The van der Waals surface area contributed by atoms with Crippen molar-refractivity contribution in [3.8, 4) is 5.75 Å². The van der Waals surface area contributed by atoms with Crippen molar-refractivity contribution in [3.63, 3.8) is 0 Å². The van der Waals surface area contributed by atoms with Gasteiger partial charge >= 0.3 is 0 Å². The number of rotatable bonds is 4. The highest BCUT2D eigenvalue weighted by Gasteiger charge is 2.09. The minimum Gasteiger partial charge on any atom is -0.496 e. The third-order valence-electron chi connectivity index (χ3n) is 2.50. The predicted octanol–water partition coefficient (Wildman–Crippen LogP) is 3.56. The Hall–Kier alpha value is -1.74. The van der Waals surface area contributed by atoms with E-state index in [9.17, 15) is 4.79 Å².